The van der Waals surface area contributed by atoms with E-state index in [0.717, 1.165) is 43.5 Å². The molecule has 0 spiro atoms. The molecule has 12 heteroatoms. The number of fused-ring (bicyclic) bond motifs is 1. The zero-order valence-electron chi connectivity index (χ0n) is 24.1. The minimum Gasteiger partial charge on any atom is -0.383 e. The van der Waals surface area contributed by atoms with Crippen molar-refractivity contribution in [2.45, 2.75) is 33.0 Å². The second kappa shape index (κ2) is 12.3. The average Bonchev–Trinajstić information content (AvgIpc) is 3.17. The molecule has 0 atom stereocenters. The summed E-state index contributed by atoms with van der Waals surface area (Å²) < 4.78 is 42.1. The lowest BCUT2D eigenvalue weighted by Gasteiger charge is -2.23. The quantitative estimate of drug-likeness (QED) is 0.337. The summed E-state index contributed by atoms with van der Waals surface area (Å²) in [7, 11) is 2.01. The molecule has 0 saturated carbocycles. The second-order valence-electron chi connectivity index (χ2n) is 10.6. The van der Waals surface area contributed by atoms with Gasteiger partial charge in [0.25, 0.3) is 5.91 Å². The van der Waals surface area contributed by atoms with Crippen molar-refractivity contribution >= 4 is 28.4 Å². The molecular weight excluding hydrogens is 557 g/mol. The number of aromatic nitrogens is 4. The van der Waals surface area contributed by atoms with Crippen molar-refractivity contribution in [3.05, 3.63) is 82.1 Å². The number of nitrogens with one attached hydrogen (secondary N) is 1. The number of nitrogen functional groups attached to an aromatic ring is 1. The van der Waals surface area contributed by atoms with Gasteiger partial charge in [0.05, 0.1) is 34.3 Å². The van der Waals surface area contributed by atoms with Crippen LogP contribution in [0.15, 0.2) is 42.9 Å². The van der Waals surface area contributed by atoms with E-state index in [-0.39, 0.29) is 29.2 Å². The molecule has 222 valence electrons. The predicted octanol–water partition coefficient (Wildman–Crippen LogP) is 4.43. The molecule has 1 saturated heterocycles. The van der Waals surface area contributed by atoms with Crippen molar-refractivity contribution in [3.63, 3.8) is 0 Å². The summed E-state index contributed by atoms with van der Waals surface area (Å²) in [4.78, 5) is 34.5. The van der Waals surface area contributed by atoms with Crippen LogP contribution in [0.5, 0.6) is 0 Å². The molecule has 1 aliphatic heterocycles. The average molecular weight is 589 g/mol. The van der Waals surface area contributed by atoms with Gasteiger partial charge < -0.3 is 16.0 Å². The SMILES string of the molecule is Cc1nc2cnc(N)c(C#Cc3cncc(C(=O)Nc4ccc(CN5CCCN(C)CC5)c(C(F)(F)F)c4)c3)c2nc1C. The lowest BCUT2D eigenvalue weighted by atomic mass is 10.0. The minimum atomic E-state index is -4.57. The van der Waals surface area contributed by atoms with E-state index < -0.39 is 17.6 Å². The number of benzene rings is 1. The van der Waals surface area contributed by atoms with Gasteiger partial charge in [-0.25, -0.2) is 15.0 Å². The molecule has 1 amide bonds. The first-order valence-corrected chi connectivity index (χ1v) is 13.8. The highest BCUT2D eigenvalue weighted by molar-refractivity contribution is 6.04. The molecule has 0 radical (unpaired) electrons. The normalized spacial score (nSPS) is 14.7. The zero-order valence-corrected chi connectivity index (χ0v) is 24.1. The molecule has 4 heterocycles. The lowest BCUT2D eigenvalue weighted by molar-refractivity contribution is -0.138. The Morgan fingerprint density at radius 2 is 1.81 bits per heavy atom. The lowest BCUT2D eigenvalue weighted by Crippen LogP contribution is -2.29. The molecular formula is C31H31F3N8O. The van der Waals surface area contributed by atoms with E-state index in [1.54, 1.807) is 0 Å². The first kappa shape index (κ1) is 29.9. The molecule has 5 rings (SSSR count). The fourth-order valence-electron chi connectivity index (χ4n) is 4.86. The summed E-state index contributed by atoms with van der Waals surface area (Å²) in [6.07, 6.45) is 0.642. The van der Waals surface area contributed by atoms with E-state index in [1.165, 1.54) is 36.8 Å². The third-order valence-corrected chi connectivity index (χ3v) is 7.36. The van der Waals surface area contributed by atoms with Crippen LogP contribution in [0.4, 0.5) is 24.7 Å². The Morgan fingerprint density at radius 1 is 1.02 bits per heavy atom. The van der Waals surface area contributed by atoms with Crippen LogP contribution in [0.3, 0.4) is 0 Å². The number of carbonyl (C=O) groups is 1. The number of carbonyl (C=O) groups excluding carboxylic acids is 1. The van der Waals surface area contributed by atoms with Crippen LogP contribution < -0.4 is 11.1 Å². The topological polar surface area (TPSA) is 113 Å². The highest BCUT2D eigenvalue weighted by Crippen LogP contribution is 2.35. The first-order valence-electron chi connectivity index (χ1n) is 13.8. The van der Waals surface area contributed by atoms with E-state index in [0.29, 0.717) is 28.7 Å². The van der Waals surface area contributed by atoms with E-state index in [9.17, 15) is 18.0 Å². The summed E-state index contributed by atoms with van der Waals surface area (Å²) in [5.41, 5.74) is 9.01. The number of hydrogen-bond donors (Lipinski definition) is 2. The molecule has 9 nitrogen and oxygen atoms in total. The molecule has 0 aliphatic carbocycles. The van der Waals surface area contributed by atoms with Crippen molar-refractivity contribution < 1.29 is 18.0 Å². The van der Waals surface area contributed by atoms with Crippen molar-refractivity contribution in [2.24, 2.45) is 0 Å². The number of hydrogen-bond acceptors (Lipinski definition) is 8. The van der Waals surface area contributed by atoms with Gasteiger partial charge in [-0.15, -0.1) is 0 Å². The summed E-state index contributed by atoms with van der Waals surface area (Å²) >= 11 is 0. The van der Waals surface area contributed by atoms with Gasteiger partial charge in [0.15, 0.2) is 0 Å². The number of nitrogens with two attached hydrogens (primary N) is 1. The van der Waals surface area contributed by atoms with Gasteiger partial charge in [-0.05, 0) is 64.2 Å². The van der Waals surface area contributed by atoms with E-state index in [4.69, 9.17) is 5.73 Å². The van der Waals surface area contributed by atoms with Gasteiger partial charge in [0, 0.05) is 43.3 Å². The maximum Gasteiger partial charge on any atom is 0.416 e. The van der Waals surface area contributed by atoms with Crippen molar-refractivity contribution in [2.75, 3.05) is 44.3 Å². The van der Waals surface area contributed by atoms with Crippen LogP contribution in [0.2, 0.25) is 0 Å². The number of aryl methyl sites for hydroxylation is 2. The minimum absolute atomic E-state index is 0.0343. The van der Waals surface area contributed by atoms with Crippen LogP contribution in [-0.4, -0.2) is 68.9 Å². The monoisotopic (exact) mass is 588 g/mol. The number of halogens is 3. The maximum absolute atomic E-state index is 14.0. The zero-order chi connectivity index (χ0) is 30.7. The van der Waals surface area contributed by atoms with E-state index >= 15 is 0 Å². The number of likely N-dealkylation sites (N-methyl/N-ethyl adjacent to an activating group) is 1. The number of alkyl halides is 3. The Bertz CT molecular complexity index is 1750. The van der Waals surface area contributed by atoms with Crippen LogP contribution >= 0.6 is 0 Å². The third kappa shape index (κ3) is 7.07. The van der Waals surface area contributed by atoms with Gasteiger partial charge in [-0.3, -0.25) is 14.7 Å². The highest BCUT2D eigenvalue weighted by Gasteiger charge is 2.34. The van der Waals surface area contributed by atoms with Gasteiger partial charge in [0.2, 0.25) is 0 Å². The fourth-order valence-corrected chi connectivity index (χ4v) is 4.86. The maximum atomic E-state index is 14.0. The van der Waals surface area contributed by atoms with Gasteiger partial charge in [0.1, 0.15) is 16.9 Å². The molecule has 3 N–H and O–H groups in total. The van der Waals surface area contributed by atoms with Crippen LogP contribution in [0.25, 0.3) is 11.0 Å². The van der Waals surface area contributed by atoms with Crippen LogP contribution in [-0.2, 0) is 12.7 Å². The van der Waals surface area contributed by atoms with Crippen molar-refractivity contribution in [1.29, 1.82) is 0 Å². The molecule has 1 fully saturated rings. The fraction of sp³-hybridized carbons (Fsp3) is 0.323. The molecule has 1 aromatic carbocycles. The summed E-state index contributed by atoms with van der Waals surface area (Å²) in [6, 6.07) is 5.41. The Labute approximate surface area is 247 Å². The smallest absolute Gasteiger partial charge is 0.383 e. The Morgan fingerprint density at radius 3 is 2.60 bits per heavy atom. The molecule has 43 heavy (non-hydrogen) atoms. The van der Waals surface area contributed by atoms with Gasteiger partial charge >= 0.3 is 6.18 Å². The van der Waals surface area contributed by atoms with Crippen molar-refractivity contribution in [1.82, 2.24) is 29.7 Å². The van der Waals surface area contributed by atoms with Gasteiger partial charge in [-0.2, -0.15) is 13.2 Å². The predicted molar refractivity (Wildman–Crippen MR) is 158 cm³/mol. The Hall–Kier alpha value is -4.60. The summed E-state index contributed by atoms with van der Waals surface area (Å²) in [5.74, 6) is 5.47. The van der Waals surface area contributed by atoms with Crippen LogP contribution in [0, 0.1) is 25.7 Å². The number of pyridine rings is 2. The molecule has 1 aliphatic rings. The van der Waals surface area contributed by atoms with Gasteiger partial charge in [-0.1, -0.05) is 17.9 Å². The number of rotatable bonds is 4. The third-order valence-electron chi connectivity index (χ3n) is 7.36. The number of amides is 1. The van der Waals surface area contributed by atoms with Crippen molar-refractivity contribution in [3.8, 4) is 11.8 Å². The summed E-state index contributed by atoms with van der Waals surface area (Å²) in [6.45, 7) is 6.99. The standard InChI is InChI=1S/C31H31F3N8O/c1-19-20(2)39-28-25(29(35)37-17-27(28)38-19)8-5-21-13-23(16-36-15-21)30(43)40-24-7-6-22(26(14-24)31(32,33)34)18-42-10-4-9-41(3)11-12-42/h6-7,13-17H,4,9-12,18H2,1-3H3,(H2,35,37)(H,40,43). The highest BCUT2D eigenvalue weighted by atomic mass is 19.4. The Balaban J connectivity index is 1.36. The number of anilines is 2. The molecule has 4 aromatic rings. The largest absolute Gasteiger partial charge is 0.416 e. The second-order valence-corrected chi connectivity index (χ2v) is 10.6. The molecule has 0 unspecified atom stereocenters. The molecule has 0 bridgehead atoms. The number of nitrogens with zero attached hydrogens (tertiary/aromatic N) is 6. The molecule has 3 aromatic heterocycles. The Kier molecular flexibility index (Phi) is 8.57. The first-order chi connectivity index (χ1) is 20.5. The van der Waals surface area contributed by atoms with E-state index in [2.05, 4.69) is 42.0 Å². The van der Waals surface area contributed by atoms with Crippen LogP contribution in [0.1, 0.15) is 50.4 Å². The summed E-state index contributed by atoms with van der Waals surface area (Å²) in [5, 5.41) is 2.57. The van der Waals surface area contributed by atoms with E-state index in [1.807, 2.05) is 25.8 Å².